The molecule has 0 saturated carbocycles. The summed E-state index contributed by atoms with van der Waals surface area (Å²) in [7, 11) is 0. The molecule has 0 aliphatic carbocycles. The van der Waals surface area contributed by atoms with Crippen LogP contribution in [0.5, 0.6) is 5.75 Å². The smallest absolute Gasteiger partial charge is 0.206 e. The standard InChI is InChI=1S/C18H21N3O2S2/c1-2-9-19-17-20-21-18(25-17)24-12-15(22)11-23-16-8-7-13-5-3-4-6-14(13)10-16/h3-8,10,15,22H,2,9,11-12H2,1H3,(H,19,20). The second-order valence-corrected chi connectivity index (χ2v) is 7.83. The number of ether oxygens (including phenoxy) is 1. The lowest BCUT2D eigenvalue weighted by molar-refractivity contribution is 0.126. The molecule has 0 saturated heterocycles. The van der Waals surface area contributed by atoms with Crippen LogP contribution in [0.4, 0.5) is 5.13 Å². The van der Waals surface area contributed by atoms with Crippen molar-refractivity contribution in [3.05, 3.63) is 42.5 Å². The summed E-state index contributed by atoms with van der Waals surface area (Å²) in [5.74, 6) is 1.29. The molecule has 0 radical (unpaired) electrons. The van der Waals surface area contributed by atoms with Crippen molar-refractivity contribution in [1.82, 2.24) is 10.2 Å². The number of fused-ring (bicyclic) bond motifs is 1. The molecule has 3 aromatic rings. The summed E-state index contributed by atoms with van der Waals surface area (Å²) in [5, 5.41) is 24.7. The summed E-state index contributed by atoms with van der Waals surface area (Å²) >= 11 is 3.00. The number of nitrogens with one attached hydrogen (secondary N) is 1. The van der Waals surface area contributed by atoms with E-state index in [0.717, 1.165) is 33.6 Å². The number of aliphatic hydroxyl groups excluding tert-OH is 1. The van der Waals surface area contributed by atoms with Crippen LogP contribution in [-0.4, -0.2) is 40.3 Å². The number of nitrogens with zero attached hydrogens (tertiary/aromatic N) is 2. The van der Waals surface area contributed by atoms with E-state index < -0.39 is 6.10 Å². The predicted molar refractivity (Wildman–Crippen MR) is 105 cm³/mol. The fraction of sp³-hybridized carbons (Fsp3) is 0.333. The van der Waals surface area contributed by atoms with E-state index in [-0.39, 0.29) is 6.61 Å². The third-order valence-electron chi connectivity index (χ3n) is 3.50. The first-order chi connectivity index (χ1) is 12.2. The van der Waals surface area contributed by atoms with Crippen LogP contribution in [-0.2, 0) is 0 Å². The summed E-state index contributed by atoms with van der Waals surface area (Å²) in [6, 6.07) is 14.1. The topological polar surface area (TPSA) is 67.3 Å². The Labute approximate surface area is 155 Å². The number of aliphatic hydroxyl groups is 1. The van der Waals surface area contributed by atoms with Gasteiger partial charge in [0.25, 0.3) is 0 Å². The van der Waals surface area contributed by atoms with E-state index in [1.54, 1.807) is 0 Å². The van der Waals surface area contributed by atoms with Gasteiger partial charge in [0.15, 0.2) is 4.34 Å². The summed E-state index contributed by atoms with van der Waals surface area (Å²) < 4.78 is 6.56. The van der Waals surface area contributed by atoms with Gasteiger partial charge in [-0.15, -0.1) is 10.2 Å². The zero-order valence-electron chi connectivity index (χ0n) is 14.0. The lowest BCUT2D eigenvalue weighted by Gasteiger charge is -2.11. The second kappa shape index (κ2) is 9.03. The van der Waals surface area contributed by atoms with Crippen molar-refractivity contribution in [1.29, 1.82) is 0 Å². The summed E-state index contributed by atoms with van der Waals surface area (Å²) in [6.45, 7) is 3.25. The van der Waals surface area contributed by atoms with Gasteiger partial charge in [-0.2, -0.15) is 0 Å². The van der Waals surface area contributed by atoms with E-state index in [1.807, 2.05) is 36.4 Å². The zero-order valence-corrected chi connectivity index (χ0v) is 15.6. The van der Waals surface area contributed by atoms with Crippen LogP contribution < -0.4 is 10.1 Å². The van der Waals surface area contributed by atoms with Gasteiger partial charge in [0.2, 0.25) is 5.13 Å². The minimum absolute atomic E-state index is 0.255. The van der Waals surface area contributed by atoms with Crippen molar-refractivity contribution in [3.63, 3.8) is 0 Å². The fourth-order valence-electron chi connectivity index (χ4n) is 2.24. The van der Waals surface area contributed by atoms with Gasteiger partial charge in [-0.05, 0) is 29.3 Å². The SMILES string of the molecule is CCCNc1nnc(SCC(O)COc2ccc3ccccc3c2)s1. The van der Waals surface area contributed by atoms with Crippen molar-refractivity contribution in [2.75, 3.05) is 24.2 Å². The fourth-order valence-corrected chi connectivity index (χ4v) is 3.95. The van der Waals surface area contributed by atoms with Crippen LogP contribution in [0.3, 0.4) is 0 Å². The molecule has 0 aliphatic heterocycles. The Morgan fingerprint density at radius 1 is 1.20 bits per heavy atom. The Kier molecular flexibility index (Phi) is 6.49. The molecule has 5 nitrogen and oxygen atoms in total. The van der Waals surface area contributed by atoms with E-state index in [4.69, 9.17) is 4.74 Å². The lowest BCUT2D eigenvalue weighted by Crippen LogP contribution is -2.20. The number of anilines is 1. The number of rotatable bonds is 9. The van der Waals surface area contributed by atoms with Gasteiger partial charge < -0.3 is 15.2 Å². The van der Waals surface area contributed by atoms with Crippen molar-refractivity contribution in [3.8, 4) is 5.75 Å². The third-order valence-corrected chi connectivity index (χ3v) is 5.65. The zero-order chi connectivity index (χ0) is 17.5. The summed E-state index contributed by atoms with van der Waals surface area (Å²) in [6.07, 6.45) is 0.486. The maximum absolute atomic E-state index is 10.1. The number of hydrogen-bond acceptors (Lipinski definition) is 7. The van der Waals surface area contributed by atoms with Crippen molar-refractivity contribution in [2.45, 2.75) is 23.8 Å². The first-order valence-electron chi connectivity index (χ1n) is 8.24. The van der Waals surface area contributed by atoms with E-state index in [2.05, 4.69) is 28.5 Å². The Morgan fingerprint density at radius 3 is 2.88 bits per heavy atom. The van der Waals surface area contributed by atoms with Crippen LogP contribution in [0.15, 0.2) is 46.8 Å². The van der Waals surface area contributed by atoms with Crippen LogP contribution in [0, 0.1) is 0 Å². The molecule has 1 atom stereocenters. The average Bonchev–Trinajstić information content (AvgIpc) is 3.10. The highest BCUT2D eigenvalue weighted by Crippen LogP contribution is 2.26. The molecule has 132 valence electrons. The summed E-state index contributed by atoms with van der Waals surface area (Å²) in [5.41, 5.74) is 0. The normalized spacial score (nSPS) is 12.2. The van der Waals surface area contributed by atoms with E-state index in [0.29, 0.717) is 5.75 Å². The molecule has 0 spiro atoms. The quantitative estimate of drug-likeness (QED) is 0.550. The van der Waals surface area contributed by atoms with Crippen LogP contribution in [0.25, 0.3) is 10.8 Å². The molecule has 1 heterocycles. The molecule has 1 aromatic heterocycles. The molecule has 2 aromatic carbocycles. The van der Waals surface area contributed by atoms with Crippen molar-refractivity contribution in [2.24, 2.45) is 0 Å². The van der Waals surface area contributed by atoms with Gasteiger partial charge in [0.1, 0.15) is 12.4 Å². The number of benzene rings is 2. The first-order valence-corrected chi connectivity index (χ1v) is 10.0. The highest BCUT2D eigenvalue weighted by atomic mass is 32.2. The minimum Gasteiger partial charge on any atom is -0.491 e. The van der Waals surface area contributed by atoms with Gasteiger partial charge in [0, 0.05) is 12.3 Å². The highest BCUT2D eigenvalue weighted by Gasteiger charge is 2.10. The molecule has 7 heteroatoms. The van der Waals surface area contributed by atoms with Crippen LogP contribution >= 0.6 is 23.1 Å². The molecule has 1 unspecified atom stereocenters. The first kappa shape index (κ1) is 18.0. The van der Waals surface area contributed by atoms with E-state index in [9.17, 15) is 5.11 Å². The van der Waals surface area contributed by atoms with Gasteiger partial charge in [0.05, 0.1) is 6.10 Å². The van der Waals surface area contributed by atoms with Gasteiger partial charge in [-0.1, -0.05) is 60.4 Å². The van der Waals surface area contributed by atoms with Gasteiger partial charge in [-0.25, -0.2) is 0 Å². The molecule has 0 bridgehead atoms. The number of hydrogen-bond donors (Lipinski definition) is 2. The maximum atomic E-state index is 10.1. The number of thioether (sulfide) groups is 1. The maximum Gasteiger partial charge on any atom is 0.206 e. The average molecular weight is 376 g/mol. The van der Waals surface area contributed by atoms with Crippen molar-refractivity contribution < 1.29 is 9.84 Å². The highest BCUT2D eigenvalue weighted by molar-refractivity contribution is 8.01. The van der Waals surface area contributed by atoms with Crippen molar-refractivity contribution >= 4 is 39.0 Å². The molecular weight excluding hydrogens is 354 g/mol. The van der Waals surface area contributed by atoms with Gasteiger partial charge in [-0.3, -0.25) is 0 Å². The predicted octanol–water partition coefficient (Wildman–Crippen LogP) is 4.05. The van der Waals surface area contributed by atoms with E-state index in [1.165, 1.54) is 28.5 Å². The molecule has 0 amide bonds. The molecular formula is C18H21N3O2S2. The van der Waals surface area contributed by atoms with Gasteiger partial charge >= 0.3 is 0 Å². The number of aromatic nitrogens is 2. The van der Waals surface area contributed by atoms with Crippen LogP contribution in [0.2, 0.25) is 0 Å². The molecule has 0 fully saturated rings. The third kappa shape index (κ3) is 5.32. The van der Waals surface area contributed by atoms with Crippen LogP contribution in [0.1, 0.15) is 13.3 Å². The van der Waals surface area contributed by atoms with E-state index >= 15 is 0 Å². The minimum atomic E-state index is -0.563. The molecule has 2 N–H and O–H groups in total. The molecule has 3 rings (SSSR count). The lowest BCUT2D eigenvalue weighted by atomic mass is 10.1. The Bertz CT molecular complexity index is 810. The second-order valence-electron chi connectivity index (χ2n) is 5.58. The monoisotopic (exact) mass is 375 g/mol. The molecule has 0 aliphatic rings. The Hall–Kier alpha value is -1.83. The summed E-state index contributed by atoms with van der Waals surface area (Å²) in [4.78, 5) is 0. The molecule has 25 heavy (non-hydrogen) atoms. The Balaban J connectivity index is 1.45. The Morgan fingerprint density at radius 2 is 2.04 bits per heavy atom. The largest absolute Gasteiger partial charge is 0.491 e.